The van der Waals surface area contributed by atoms with Gasteiger partial charge in [-0.1, -0.05) is 6.07 Å². The number of aryl methyl sites for hydroxylation is 2. The maximum absolute atomic E-state index is 9.86. The van der Waals surface area contributed by atoms with E-state index in [4.69, 9.17) is 0 Å². The first kappa shape index (κ1) is 10.4. The highest BCUT2D eigenvalue weighted by molar-refractivity contribution is 7.10. The van der Waals surface area contributed by atoms with Crippen LogP contribution in [0.3, 0.4) is 0 Å². The van der Waals surface area contributed by atoms with Gasteiger partial charge in [0.25, 0.3) is 0 Å². The summed E-state index contributed by atoms with van der Waals surface area (Å²) >= 11 is 1.60. The fraction of sp³-hybridized carbons (Fsp3) is 0.364. The third-order valence-electron chi connectivity index (χ3n) is 2.34. The Morgan fingerprint density at radius 2 is 2.47 bits per heavy atom. The topological polar surface area (TPSA) is 38.0 Å². The zero-order chi connectivity index (χ0) is 10.7. The van der Waals surface area contributed by atoms with Crippen LogP contribution in [0.15, 0.2) is 29.9 Å². The summed E-state index contributed by atoms with van der Waals surface area (Å²) in [4.78, 5) is 1.04. The highest BCUT2D eigenvalue weighted by Gasteiger charge is 2.08. The average Bonchev–Trinajstić information content (AvgIpc) is 2.84. The number of aromatic nitrogens is 2. The highest BCUT2D eigenvalue weighted by Crippen LogP contribution is 2.22. The second kappa shape index (κ2) is 4.59. The Kier molecular flexibility index (Phi) is 3.18. The van der Waals surface area contributed by atoms with Crippen LogP contribution in [0.5, 0.6) is 0 Å². The van der Waals surface area contributed by atoms with Crippen molar-refractivity contribution in [2.24, 2.45) is 7.05 Å². The van der Waals surface area contributed by atoms with Crippen LogP contribution in [-0.4, -0.2) is 14.9 Å². The molecule has 2 aromatic heterocycles. The highest BCUT2D eigenvalue weighted by atomic mass is 32.1. The molecule has 1 atom stereocenters. The van der Waals surface area contributed by atoms with E-state index in [9.17, 15) is 5.11 Å². The molecule has 0 aliphatic carbocycles. The molecule has 80 valence electrons. The second-order valence-corrected chi connectivity index (χ2v) is 4.57. The van der Waals surface area contributed by atoms with Crippen molar-refractivity contribution >= 4 is 11.3 Å². The third kappa shape index (κ3) is 2.67. The minimum absolute atomic E-state index is 0.342. The van der Waals surface area contributed by atoms with E-state index in [-0.39, 0.29) is 6.10 Å². The molecule has 0 aliphatic rings. The zero-order valence-corrected chi connectivity index (χ0v) is 9.44. The smallest absolute Gasteiger partial charge is 0.0885 e. The second-order valence-electron chi connectivity index (χ2n) is 3.59. The lowest BCUT2D eigenvalue weighted by Gasteiger charge is -2.06. The van der Waals surface area contributed by atoms with Gasteiger partial charge in [-0.3, -0.25) is 4.68 Å². The molecule has 3 nitrogen and oxygen atoms in total. The van der Waals surface area contributed by atoms with Gasteiger partial charge in [0.1, 0.15) is 0 Å². The van der Waals surface area contributed by atoms with E-state index in [1.54, 1.807) is 16.0 Å². The molecule has 0 aliphatic heterocycles. The largest absolute Gasteiger partial charge is 0.388 e. The van der Waals surface area contributed by atoms with Gasteiger partial charge in [0.15, 0.2) is 0 Å². The lowest BCUT2D eigenvalue weighted by atomic mass is 10.1. The number of thiophene rings is 1. The number of rotatable bonds is 4. The van der Waals surface area contributed by atoms with Crippen LogP contribution < -0.4 is 0 Å². The summed E-state index contributed by atoms with van der Waals surface area (Å²) in [6, 6.07) is 3.94. The molecule has 0 amide bonds. The minimum Gasteiger partial charge on any atom is -0.388 e. The van der Waals surface area contributed by atoms with Crippen molar-refractivity contribution in [3.8, 4) is 0 Å². The Morgan fingerprint density at radius 1 is 1.60 bits per heavy atom. The van der Waals surface area contributed by atoms with Crippen molar-refractivity contribution in [2.45, 2.75) is 18.9 Å². The van der Waals surface area contributed by atoms with Crippen LogP contribution >= 0.6 is 11.3 Å². The van der Waals surface area contributed by atoms with E-state index < -0.39 is 0 Å². The number of nitrogens with zero attached hydrogens (tertiary/aromatic N) is 2. The summed E-state index contributed by atoms with van der Waals surface area (Å²) in [6.07, 6.45) is 5.12. The maximum atomic E-state index is 9.86. The number of hydrogen-bond acceptors (Lipinski definition) is 3. The first-order valence-corrected chi connectivity index (χ1v) is 5.82. The molecule has 1 unspecified atom stereocenters. The Morgan fingerprint density at radius 3 is 3.07 bits per heavy atom. The molecule has 0 bridgehead atoms. The maximum Gasteiger partial charge on any atom is 0.0885 e. The van der Waals surface area contributed by atoms with Crippen molar-refractivity contribution in [1.29, 1.82) is 0 Å². The molecule has 15 heavy (non-hydrogen) atoms. The summed E-state index contributed by atoms with van der Waals surface area (Å²) in [7, 11) is 1.90. The molecule has 4 heteroatoms. The van der Waals surface area contributed by atoms with Crippen molar-refractivity contribution < 1.29 is 5.11 Å². The molecule has 0 saturated heterocycles. The van der Waals surface area contributed by atoms with Crippen LogP contribution in [0.1, 0.15) is 23.0 Å². The van der Waals surface area contributed by atoms with Crippen LogP contribution in [0.4, 0.5) is 0 Å². The van der Waals surface area contributed by atoms with E-state index >= 15 is 0 Å². The first-order valence-electron chi connectivity index (χ1n) is 4.94. The normalized spacial score (nSPS) is 12.9. The van der Waals surface area contributed by atoms with Crippen LogP contribution in [0.2, 0.25) is 0 Å². The van der Waals surface area contributed by atoms with E-state index in [0.717, 1.165) is 17.7 Å². The van der Waals surface area contributed by atoms with Gasteiger partial charge in [-0.05, 0) is 29.9 Å². The minimum atomic E-state index is -0.342. The zero-order valence-electron chi connectivity index (χ0n) is 8.63. The van der Waals surface area contributed by atoms with E-state index in [2.05, 4.69) is 5.10 Å². The quantitative estimate of drug-likeness (QED) is 0.860. The van der Waals surface area contributed by atoms with Gasteiger partial charge in [0.2, 0.25) is 0 Å². The molecule has 0 radical (unpaired) electrons. The predicted molar refractivity (Wildman–Crippen MR) is 60.8 cm³/mol. The SMILES string of the molecule is Cn1cc(CCC(O)c2cccs2)cn1. The van der Waals surface area contributed by atoms with E-state index in [0.29, 0.717) is 0 Å². The number of aliphatic hydroxyl groups excluding tert-OH is 1. The summed E-state index contributed by atoms with van der Waals surface area (Å²) < 4.78 is 1.78. The Hall–Kier alpha value is -1.13. The molecule has 2 rings (SSSR count). The molecular weight excluding hydrogens is 208 g/mol. The van der Waals surface area contributed by atoms with Gasteiger partial charge in [0, 0.05) is 18.1 Å². The molecule has 2 aromatic rings. The molecule has 0 aromatic carbocycles. The molecule has 0 saturated carbocycles. The standard InChI is InChI=1S/C11H14N2OS/c1-13-8-9(7-12-13)4-5-10(14)11-3-2-6-15-11/h2-3,6-8,10,14H,4-5H2,1H3. The fourth-order valence-electron chi connectivity index (χ4n) is 1.53. The van der Waals surface area contributed by atoms with E-state index in [1.807, 2.05) is 37.0 Å². The van der Waals surface area contributed by atoms with Gasteiger partial charge in [-0.15, -0.1) is 11.3 Å². The van der Waals surface area contributed by atoms with Crippen LogP contribution in [0.25, 0.3) is 0 Å². The van der Waals surface area contributed by atoms with Gasteiger partial charge >= 0.3 is 0 Å². The summed E-state index contributed by atoms with van der Waals surface area (Å²) in [6.45, 7) is 0. The molecular formula is C11H14N2OS. The summed E-state index contributed by atoms with van der Waals surface area (Å²) in [5.74, 6) is 0. The van der Waals surface area contributed by atoms with Gasteiger partial charge in [-0.25, -0.2) is 0 Å². The molecule has 0 fully saturated rings. The van der Waals surface area contributed by atoms with Crippen molar-refractivity contribution in [3.63, 3.8) is 0 Å². The molecule has 1 N–H and O–H groups in total. The predicted octanol–water partition coefficient (Wildman–Crippen LogP) is 2.15. The van der Waals surface area contributed by atoms with Gasteiger partial charge in [0.05, 0.1) is 12.3 Å². The van der Waals surface area contributed by atoms with Gasteiger partial charge < -0.3 is 5.11 Å². The fourth-order valence-corrected chi connectivity index (χ4v) is 2.27. The van der Waals surface area contributed by atoms with Crippen LogP contribution in [0, 0.1) is 0 Å². The Bertz CT molecular complexity index is 408. The lowest BCUT2D eigenvalue weighted by molar-refractivity contribution is 0.171. The van der Waals surface area contributed by atoms with E-state index in [1.165, 1.54) is 5.56 Å². The van der Waals surface area contributed by atoms with Crippen molar-refractivity contribution in [1.82, 2.24) is 9.78 Å². The number of aliphatic hydroxyl groups is 1. The first-order chi connectivity index (χ1) is 7.25. The van der Waals surface area contributed by atoms with Crippen molar-refractivity contribution in [2.75, 3.05) is 0 Å². The monoisotopic (exact) mass is 222 g/mol. The average molecular weight is 222 g/mol. The lowest BCUT2D eigenvalue weighted by Crippen LogP contribution is -1.96. The van der Waals surface area contributed by atoms with Gasteiger partial charge in [-0.2, -0.15) is 5.10 Å². The number of hydrogen-bond donors (Lipinski definition) is 1. The Labute approximate surface area is 93.0 Å². The summed E-state index contributed by atoms with van der Waals surface area (Å²) in [5, 5.41) is 15.9. The Balaban J connectivity index is 1.88. The summed E-state index contributed by atoms with van der Waals surface area (Å²) in [5.41, 5.74) is 1.17. The third-order valence-corrected chi connectivity index (χ3v) is 3.31. The molecule has 0 spiro atoms. The van der Waals surface area contributed by atoms with Crippen molar-refractivity contribution in [3.05, 3.63) is 40.3 Å². The molecule has 2 heterocycles. The van der Waals surface area contributed by atoms with Crippen LogP contribution in [-0.2, 0) is 13.5 Å².